The van der Waals surface area contributed by atoms with Crippen LogP contribution < -0.4 is 4.74 Å². The van der Waals surface area contributed by atoms with Gasteiger partial charge in [-0.05, 0) is 66.5 Å². The van der Waals surface area contributed by atoms with Crippen LogP contribution in [0.1, 0.15) is 59.4 Å². The number of aryl methyl sites for hydroxylation is 2. The van der Waals surface area contributed by atoms with Crippen LogP contribution in [-0.4, -0.2) is 29.1 Å². The number of hydrogen-bond acceptors (Lipinski definition) is 3. The number of likely N-dealkylation sites (tertiary alicyclic amines) is 1. The molecule has 1 saturated carbocycles. The van der Waals surface area contributed by atoms with Gasteiger partial charge >= 0.3 is 5.97 Å². The molecule has 0 amide bonds. The molecule has 1 aliphatic heterocycles. The fraction of sp³-hybridized carbons (Fsp3) is 0.480. The monoisotopic (exact) mass is 427 g/mol. The van der Waals surface area contributed by atoms with E-state index in [9.17, 15) is 4.79 Å². The normalized spacial score (nSPS) is 17.8. The van der Waals surface area contributed by atoms with Crippen LogP contribution in [0.4, 0.5) is 0 Å². The average Bonchev–Trinajstić information content (AvgIpc) is 3.19. The Morgan fingerprint density at radius 1 is 1.10 bits per heavy atom. The molecule has 0 atom stereocenters. The van der Waals surface area contributed by atoms with Gasteiger partial charge in [-0.2, -0.15) is 0 Å². The number of nitrogens with zero attached hydrogens (tertiary/aromatic N) is 1. The molecule has 1 aliphatic carbocycles. The highest BCUT2D eigenvalue weighted by Crippen LogP contribution is 2.38. The number of ether oxygens (including phenoxy) is 1. The minimum absolute atomic E-state index is 0.219. The van der Waals surface area contributed by atoms with Crippen molar-refractivity contribution in [2.75, 3.05) is 13.1 Å². The first-order valence-corrected chi connectivity index (χ1v) is 11.2. The van der Waals surface area contributed by atoms with Crippen LogP contribution in [0.2, 0.25) is 5.02 Å². The summed E-state index contributed by atoms with van der Waals surface area (Å²) in [5.41, 5.74) is 5.87. The summed E-state index contributed by atoms with van der Waals surface area (Å²) < 4.78 is 6.23. The van der Waals surface area contributed by atoms with Crippen molar-refractivity contribution in [1.29, 1.82) is 0 Å². The summed E-state index contributed by atoms with van der Waals surface area (Å²) in [7, 11) is 0. The Morgan fingerprint density at radius 2 is 1.77 bits per heavy atom. The maximum absolute atomic E-state index is 11.0. The van der Waals surface area contributed by atoms with E-state index < -0.39 is 5.97 Å². The highest BCUT2D eigenvalue weighted by molar-refractivity contribution is 6.31. The van der Waals surface area contributed by atoms with Gasteiger partial charge in [-0.1, -0.05) is 48.7 Å². The van der Waals surface area contributed by atoms with Gasteiger partial charge in [-0.3, -0.25) is 9.69 Å². The molecule has 4 rings (SSSR count). The number of halogens is 1. The quantitative estimate of drug-likeness (QED) is 0.614. The van der Waals surface area contributed by atoms with Gasteiger partial charge in [0.15, 0.2) is 0 Å². The molecular formula is C25H30ClNO3. The molecule has 2 aromatic carbocycles. The maximum Gasteiger partial charge on any atom is 0.309 e. The number of carboxylic acids is 1. The van der Waals surface area contributed by atoms with Crippen LogP contribution in [0.25, 0.3) is 0 Å². The number of carboxylic acid groups (broad SMARTS) is 1. The molecule has 1 heterocycles. The second kappa shape index (κ2) is 8.99. The van der Waals surface area contributed by atoms with E-state index in [1.54, 1.807) is 0 Å². The zero-order chi connectivity index (χ0) is 21.3. The van der Waals surface area contributed by atoms with Crippen molar-refractivity contribution in [3.05, 3.63) is 63.2 Å². The van der Waals surface area contributed by atoms with E-state index in [2.05, 4.69) is 43.0 Å². The third-order valence-electron chi connectivity index (χ3n) is 6.47. The second-order valence-electron chi connectivity index (χ2n) is 8.91. The van der Waals surface area contributed by atoms with Gasteiger partial charge < -0.3 is 9.84 Å². The maximum atomic E-state index is 11.0. The first-order chi connectivity index (χ1) is 14.4. The zero-order valence-electron chi connectivity index (χ0n) is 17.8. The van der Waals surface area contributed by atoms with Crippen LogP contribution in [0.3, 0.4) is 0 Å². The molecule has 0 unspecified atom stereocenters. The molecule has 1 N–H and O–H groups in total. The van der Waals surface area contributed by atoms with E-state index in [0.717, 1.165) is 34.0 Å². The third kappa shape index (κ3) is 4.65. The zero-order valence-corrected chi connectivity index (χ0v) is 18.5. The summed E-state index contributed by atoms with van der Waals surface area (Å²) in [6, 6.07) is 10.6. The number of benzene rings is 2. The van der Waals surface area contributed by atoms with E-state index >= 15 is 0 Å². The molecular weight excluding hydrogens is 398 g/mol. The lowest BCUT2D eigenvalue weighted by Gasteiger charge is -2.36. The highest BCUT2D eigenvalue weighted by atomic mass is 35.5. The number of rotatable bonds is 7. The first kappa shape index (κ1) is 21.2. The lowest BCUT2D eigenvalue weighted by Crippen LogP contribution is -2.49. The molecule has 0 spiro atoms. The van der Waals surface area contributed by atoms with Crippen molar-refractivity contribution in [1.82, 2.24) is 4.90 Å². The van der Waals surface area contributed by atoms with Crippen LogP contribution >= 0.6 is 11.6 Å². The Bertz CT molecular complexity index is 907. The molecule has 5 heteroatoms. The van der Waals surface area contributed by atoms with E-state index in [1.165, 1.54) is 36.8 Å². The second-order valence-corrected chi connectivity index (χ2v) is 9.32. The lowest BCUT2D eigenvalue weighted by molar-refractivity contribution is -0.147. The molecule has 2 aromatic rings. The van der Waals surface area contributed by atoms with Crippen molar-refractivity contribution < 1.29 is 14.6 Å². The van der Waals surface area contributed by atoms with Crippen molar-refractivity contribution in [2.24, 2.45) is 5.92 Å². The standard InChI is InChI=1S/C25H30ClNO3/c1-16-9-19(12-27-13-21(14-27)25(28)29)10-17(2)24(16)30-15-18-7-8-23(26)22(11-18)20-5-3-4-6-20/h7-11,20-21H,3-6,12-15H2,1-2H3,(H,28,29). The van der Waals surface area contributed by atoms with Crippen molar-refractivity contribution in [3.63, 3.8) is 0 Å². The smallest absolute Gasteiger partial charge is 0.309 e. The minimum atomic E-state index is -0.694. The summed E-state index contributed by atoms with van der Waals surface area (Å²) in [5.74, 6) is 0.606. The van der Waals surface area contributed by atoms with Crippen molar-refractivity contribution >= 4 is 17.6 Å². The molecule has 2 fully saturated rings. The van der Waals surface area contributed by atoms with Gasteiger partial charge in [0.05, 0.1) is 5.92 Å². The summed E-state index contributed by atoms with van der Waals surface area (Å²) in [5, 5.41) is 9.91. The van der Waals surface area contributed by atoms with Gasteiger partial charge in [0, 0.05) is 24.7 Å². The van der Waals surface area contributed by atoms with Gasteiger partial charge in [0.2, 0.25) is 0 Å². The fourth-order valence-electron chi connectivity index (χ4n) is 4.86. The molecule has 0 aromatic heterocycles. The Kier molecular flexibility index (Phi) is 6.35. The van der Waals surface area contributed by atoms with Crippen LogP contribution in [0, 0.1) is 19.8 Å². The van der Waals surface area contributed by atoms with Crippen LogP contribution in [-0.2, 0) is 17.9 Å². The van der Waals surface area contributed by atoms with E-state index in [0.29, 0.717) is 25.6 Å². The molecule has 0 radical (unpaired) electrons. The van der Waals surface area contributed by atoms with Gasteiger partial charge in [0.1, 0.15) is 12.4 Å². The Labute approximate surface area is 183 Å². The van der Waals surface area contributed by atoms with Gasteiger partial charge in [-0.15, -0.1) is 0 Å². The predicted octanol–water partition coefficient (Wildman–Crippen LogP) is 5.71. The fourth-order valence-corrected chi connectivity index (χ4v) is 5.13. The molecule has 2 aliphatic rings. The summed E-state index contributed by atoms with van der Waals surface area (Å²) >= 11 is 6.47. The molecule has 0 bridgehead atoms. The minimum Gasteiger partial charge on any atom is -0.488 e. The molecule has 1 saturated heterocycles. The van der Waals surface area contributed by atoms with Crippen molar-refractivity contribution in [2.45, 2.75) is 58.6 Å². The van der Waals surface area contributed by atoms with Crippen LogP contribution in [0.15, 0.2) is 30.3 Å². The molecule has 30 heavy (non-hydrogen) atoms. The highest BCUT2D eigenvalue weighted by Gasteiger charge is 2.32. The summed E-state index contributed by atoms with van der Waals surface area (Å²) in [6.07, 6.45) is 5.05. The Morgan fingerprint density at radius 3 is 2.40 bits per heavy atom. The molecule has 160 valence electrons. The SMILES string of the molecule is Cc1cc(CN2CC(C(=O)O)C2)cc(C)c1OCc1ccc(Cl)c(C2CCCC2)c1. The van der Waals surface area contributed by atoms with Crippen LogP contribution in [0.5, 0.6) is 5.75 Å². The Hall–Kier alpha value is -2.04. The predicted molar refractivity (Wildman–Crippen MR) is 119 cm³/mol. The summed E-state index contributed by atoms with van der Waals surface area (Å²) in [4.78, 5) is 13.2. The molecule has 4 nitrogen and oxygen atoms in total. The largest absolute Gasteiger partial charge is 0.488 e. The number of carbonyl (C=O) groups is 1. The number of hydrogen-bond donors (Lipinski definition) is 1. The Balaban J connectivity index is 1.40. The van der Waals surface area contributed by atoms with E-state index in [1.807, 2.05) is 6.07 Å². The van der Waals surface area contributed by atoms with Crippen molar-refractivity contribution in [3.8, 4) is 5.75 Å². The van der Waals surface area contributed by atoms with E-state index in [-0.39, 0.29) is 5.92 Å². The van der Waals surface area contributed by atoms with Gasteiger partial charge in [0.25, 0.3) is 0 Å². The number of aliphatic carboxylic acids is 1. The lowest BCUT2D eigenvalue weighted by atomic mass is 9.96. The van der Waals surface area contributed by atoms with Gasteiger partial charge in [-0.25, -0.2) is 0 Å². The third-order valence-corrected chi connectivity index (χ3v) is 6.82. The first-order valence-electron chi connectivity index (χ1n) is 10.9. The summed E-state index contributed by atoms with van der Waals surface area (Å²) in [6.45, 7) is 6.73. The van der Waals surface area contributed by atoms with E-state index in [4.69, 9.17) is 21.4 Å². The topological polar surface area (TPSA) is 49.8 Å². The average molecular weight is 428 g/mol.